The lowest BCUT2D eigenvalue weighted by Gasteiger charge is -2.35. The van der Waals surface area contributed by atoms with E-state index in [0.29, 0.717) is 30.5 Å². The average molecular weight is 357 g/mol. The molecule has 2 aromatic heterocycles. The summed E-state index contributed by atoms with van der Waals surface area (Å²) in [6, 6.07) is 7.68. The summed E-state index contributed by atoms with van der Waals surface area (Å²) >= 11 is 5.82. The highest BCUT2D eigenvalue weighted by atomic mass is 35.5. The van der Waals surface area contributed by atoms with Gasteiger partial charge in [0.05, 0.1) is 10.7 Å². The Morgan fingerprint density at radius 1 is 1.04 bits per heavy atom. The number of piperazine rings is 1. The van der Waals surface area contributed by atoms with Crippen molar-refractivity contribution in [2.24, 2.45) is 0 Å². The van der Waals surface area contributed by atoms with Crippen molar-refractivity contribution in [3.63, 3.8) is 0 Å². The van der Waals surface area contributed by atoms with Crippen molar-refractivity contribution >= 4 is 17.4 Å². The number of nitrogens with zero attached hydrogens (tertiary/aromatic N) is 4. The van der Waals surface area contributed by atoms with Gasteiger partial charge in [0.25, 0.3) is 0 Å². The van der Waals surface area contributed by atoms with Crippen LogP contribution in [-0.4, -0.2) is 41.0 Å². The van der Waals surface area contributed by atoms with Gasteiger partial charge < -0.3 is 4.90 Å². The SMILES string of the molecule is FC(F)(F)c1cccc(N2CCN(Cc3ccc(Cl)cn3)CC2)n1. The minimum Gasteiger partial charge on any atom is -0.354 e. The van der Waals surface area contributed by atoms with Gasteiger partial charge in [0.15, 0.2) is 0 Å². The summed E-state index contributed by atoms with van der Waals surface area (Å²) in [6.07, 6.45) is -2.81. The van der Waals surface area contributed by atoms with Crippen LogP contribution in [0, 0.1) is 0 Å². The van der Waals surface area contributed by atoms with E-state index in [1.54, 1.807) is 18.3 Å². The van der Waals surface area contributed by atoms with E-state index in [9.17, 15) is 13.2 Å². The first-order chi connectivity index (χ1) is 11.4. The van der Waals surface area contributed by atoms with Crippen LogP contribution >= 0.6 is 11.6 Å². The lowest BCUT2D eigenvalue weighted by Crippen LogP contribution is -2.46. The molecule has 3 rings (SSSR count). The van der Waals surface area contributed by atoms with Crippen molar-refractivity contribution in [3.05, 3.63) is 52.9 Å². The average Bonchev–Trinajstić information content (AvgIpc) is 2.57. The number of pyridine rings is 2. The Labute approximate surface area is 142 Å². The van der Waals surface area contributed by atoms with Crippen molar-refractivity contribution < 1.29 is 13.2 Å². The molecule has 0 atom stereocenters. The number of halogens is 4. The van der Waals surface area contributed by atoms with Crippen LogP contribution in [0.3, 0.4) is 0 Å². The quantitative estimate of drug-likeness (QED) is 0.843. The number of aromatic nitrogens is 2. The van der Waals surface area contributed by atoms with E-state index in [-0.39, 0.29) is 0 Å². The maximum Gasteiger partial charge on any atom is 0.433 e. The molecule has 0 aromatic carbocycles. The summed E-state index contributed by atoms with van der Waals surface area (Å²) in [4.78, 5) is 12.1. The number of hydrogen-bond donors (Lipinski definition) is 0. The summed E-state index contributed by atoms with van der Waals surface area (Å²) in [7, 11) is 0. The van der Waals surface area contributed by atoms with E-state index in [0.717, 1.165) is 24.8 Å². The molecule has 1 aliphatic rings. The molecule has 0 N–H and O–H groups in total. The number of hydrogen-bond acceptors (Lipinski definition) is 4. The highest BCUT2D eigenvalue weighted by Gasteiger charge is 2.33. The number of alkyl halides is 3. The lowest BCUT2D eigenvalue weighted by molar-refractivity contribution is -0.141. The highest BCUT2D eigenvalue weighted by Crippen LogP contribution is 2.29. The fourth-order valence-electron chi connectivity index (χ4n) is 2.62. The minimum absolute atomic E-state index is 0.370. The van der Waals surface area contributed by atoms with Gasteiger partial charge in [-0.3, -0.25) is 9.88 Å². The topological polar surface area (TPSA) is 32.3 Å². The predicted octanol–water partition coefficient (Wildman–Crippen LogP) is 3.47. The van der Waals surface area contributed by atoms with Crippen LogP contribution in [0.4, 0.5) is 19.0 Å². The Balaban J connectivity index is 1.60. The molecular formula is C16H16ClF3N4. The first-order valence-electron chi connectivity index (χ1n) is 7.54. The molecule has 1 fully saturated rings. The molecular weight excluding hydrogens is 341 g/mol. The van der Waals surface area contributed by atoms with Gasteiger partial charge in [0, 0.05) is 38.9 Å². The molecule has 128 valence electrons. The monoisotopic (exact) mass is 356 g/mol. The van der Waals surface area contributed by atoms with E-state index in [1.807, 2.05) is 11.0 Å². The van der Waals surface area contributed by atoms with Gasteiger partial charge in [-0.2, -0.15) is 13.2 Å². The van der Waals surface area contributed by atoms with Crippen LogP contribution in [0.5, 0.6) is 0 Å². The van der Waals surface area contributed by atoms with Crippen molar-refractivity contribution in [1.82, 2.24) is 14.9 Å². The van der Waals surface area contributed by atoms with E-state index >= 15 is 0 Å². The van der Waals surface area contributed by atoms with Gasteiger partial charge in [-0.25, -0.2) is 4.98 Å². The van der Waals surface area contributed by atoms with Gasteiger partial charge in [-0.1, -0.05) is 17.7 Å². The van der Waals surface area contributed by atoms with Crippen LogP contribution in [0.2, 0.25) is 5.02 Å². The third kappa shape index (κ3) is 4.15. The van der Waals surface area contributed by atoms with Crippen molar-refractivity contribution in [3.8, 4) is 0 Å². The van der Waals surface area contributed by atoms with Gasteiger partial charge in [-0.05, 0) is 24.3 Å². The normalized spacial score (nSPS) is 16.4. The summed E-state index contributed by atoms with van der Waals surface area (Å²) in [5, 5.41) is 0.596. The Hall–Kier alpha value is -1.86. The third-order valence-corrected chi connectivity index (χ3v) is 4.12. The van der Waals surface area contributed by atoms with Crippen LogP contribution in [-0.2, 0) is 12.7 Å². The zero-order valence-corrected chi connectivity index (χ0v) is 13.6. The van der Waals surface area contributed by atoms with Crippen LogP contribution in [0.15, 0.2) is 36.5 Å². The van der Waals surface area contributed by atoms with Crippen molar-refractivity contribution in [2.45, 2.75) is 12.7 Å². The van der Waals surface area contributed by atoms with Crippen LogP contribution < -0.4 is 4.90 Å². The second-order valence-electron chi connectivity index (χ2n) is 5.61. The third-order valence-electron chi connectivity index (χ3n) is 3.90. The van der Waals surface area contributed by atoms with Gasteiger partial charge in [0.1, 0.15) is 11.5 Å². The van der Waals surface area contributed by atoms with E-state index in [4.69, 9.17) is 11.6 Å². The maximum atomic E-state index is 12.8. The zero-order valence-electron chi connectivity index (χ0n) is 12.8. The Morgan fingerprint density at radius 3 is 2.42 bits per heavy atom. The standard InChI is InChI=1S/C16H16ClF3N4/c17-12-4-5-13(21-10-12)11-23-6-8-24(9-7-23)15-3-1-2-14(22-15)16(18,19)20/h1-5,10H,6-9,11H2. The van der Waals surface area contributed by atoms with E-state index in [2.05, 4.69) is 14.9 Å². The fourth-order valence-corrected chi connectivity index (χ4v) is 2.73. The molecule has 1 saturated heterocycles. The molecule has 0 aliphatic carbocycles. The molecule has 0 radical (unpaired) electrons. The minimum atomic E-state index is -4.42. The largest absolute Gasteiger partial charge is 0.433 e. The van der Waals surface area contributed by atoms with Crippen LogP contribution in [0.25, 0.3) is 0 Å². The molecule has 1 aliphatic heterocycles. The maximum absolute atomic E-state index is 12.8. The van der Waals surface area contributed by atoms with Crippen molar-refractivity contribution in [1.29, 1.82) is 0 Å². The first kappa shape index (κ1) is 17.0. The van der Waals surface area contributed by atoms with Gasteiger partial charge in [0.2, 0.25) is 0 Å². The Morgan fingerprint density at radius 2 is 1.79 bits per heavy atom. The number of rotatable bonds is 3. The van der Waals surface area contributed by atoms with Gasteiger partial charge >= 0.3 is 6.18 Å². The van der Waals surface area contributed by atoms with Crippen molar-refractivity contribution in [2.75, 3.05) is 31.1 Å². The summed E-state index contributed by atoms with van der Waals surface area (Å²) in [5.41, 5.74) is 0.0674. The Bertz CT molecular complexity index is 682. The fraction of sp³-hybridized carbons (Fsp3) is 0.375. The summed E-state index contributed by atoms with van der Waals surface area (Å²) < 4.78 is 38.3. The molecule has 4 nitrogen and oxygen atoms in total. The molecule has 0 amide bonds. The molecule has 0 saturated carbocycles. The molecule has 0 bridgehead atoms. The number of anilines is 1. The molecule has 24 heavy (non-hydrogen) atoms. The second-order valence-corrected chi connectivity index (χ2v) is 6.05. The zero-order chi connectivity index (χ0) is 17.2. The molecule has 0 spiro atoms. The Kier molecular flexibility index (Phi) is 4.91. The van der Waals surface area contributed by atoms with Crippen LogP contribution in [0.1, 0.15) is 11.4 Å². The van der Waals surface area contributed by atoms with Gasteiger partial charge in [-0.15, -0.1) is 0 Å². The second kappa shape index (κ2) is 6.94. The smallest absolute Gasteiger partial charge is 0.354 e. The summed E-state index contributed by atoms with van der Waals surface area (Å²) in [5.74, 6) is 0.370. The molecule has 0 unspecified atom stereocenters. The molecule has 3 heterocycles. The predicted molar refractivity (Wildman–Crippen MR) is 86.0 cm³/mol. The van der Waals surface area contributed by atoms with E-state index in [1.165, 1.54) is 6.07 Å². The lowest BCUT2D eigenvalue weighted by atomic mass is 10.2. The highest BCUT2D eigenvalue weighted by molar-refractivity contribution is 6.30. The first-order valence-corrected chi connectivity index (χ1v) is 7.91. The molecule has 8 heteroatoms. The molecule has 2 aromatic rings. The van der Waals surface area contributed by atoms with E-state index < -0.39 is 11.9 Å². The summed E-state index contributed by atoms with van der Waals surface area (Å²) in [6.45, 7) is 3.43.